The van der Waals surface area contributed by atoms with Crippen LogP contribution in [0.2, 0.25) is 0 Å². The van der Waals surface area contributed by atoms with Crippen molar-refractivity contribution in [3.63, 3.8) is 0 Å². The van der Waals surface area contributed by atoms with E-state index in [1.807, 2.05) is 0 Å². The van der Waals surface area contributed by atoms with E-state index in [9.17, 15) is 18.0 Å². The van der Waals surface area contributed by atoms with E-state index in [1.54, 1.807) is 21.0 Å². The molecule has 0 saturated carbocycles. The second kappa shape index (κ2) is 8.87. The van der Waals surface area contributed by atoms with E-state index in [0.717, 1.165) is 12.1 Å². The molecule has 0 aliphatic rings. The largest absolute Gasteiger partial charge is 0.417 e. The quantitative estimate of drug-likeness (QED) is 0.687. The summed E-state index contributed by atoms with van der Waals surface area (Å²) in [5.74, 6) is -0.297. The van der Waals surface area contributed by atoms with E-state index in [-0.39, 0.29) is 18.1 Å². The molecule has 9 heteroatoms. The van der Waals surface area contributed by atoms with Crippen molar-refractivity contribution in [2.75, 3.05) is 39.8 Å². The molecule has 0 aromatic heterocycles. The predicted molar refractivity (Wildman–Crippen MR) is 89.5 cm³/mol. The molecule has 0 aliphatic carbocycles. The lowest BCUT2D eigenvalue weighted by molar-refractivity contribution is -0.137. The third-order valence-electron chi connectivity index (χ3n) is 3.90. The van der Waals surface area contributed by atoms with Gasteiger partial charge in [-0.15, -0.1) is 0 Å². The van der Waals surface area contributed by atoms with Gasteiger partial charge in [-0.2, -0.15) is 18.4 Å². The third kappa shape index (κ3) is 5.09. The molecule has 26 heavy (non-hydrogen) atoms. The zero-order valence-electron chi connectivity index (χ0n) is 15.3. The van der Waals surface area contributed by atoms with Crippen LogP contribution < -0.4 is 4.90 Å². The first kappa shape index (κ1) is 21.7. The van der Waals surface area contributed by atoms with Gasteiger partial charge in [-0.1, -0.05) is 0 Å². The molecule has 1 atom stereocenters. The van der Waals surface area contributed by atoms with E-state index >= 15 is 0 Å². The van der Waals surface area contributed by atoms with Crippen LogP contribution >= 0.6 is 0 Å². The van der Waals surface area contributed by atoms with Gasteiger partial charge in [-0.05, 0) is 25.1 Å². The number of nitrogens with zero attached hydrogens (tertiary/aromatic N) is 3. The lowest BCUT2D eigenvalue weighted by Gasteiger charge is -2.34. The van der Waals surface area contributed by atoms with Crippen LogP contribution in [0.15, 0.2) is 18.2 Å². The first-order chi connectivity index (χ1) is 12.1. The Bertz CT molecular complexity index is 667. The van der Waals surface area contributed by atoms with Gasteiger partial charge in [0.1, 0.15) is 6.04 Å². The fourth-order valence-corrected chi connectivity index (χ4v) is 2.44. The molecule has 1 aromatic carbocycles. The summed E-state index contributed by atoms with van der Waals surface area (Å²) in [5.41, 5.74) is -1.40. The number of amides is 1. The molecule has 0 fully saturated rings. The Hall–Kier alpha value is -2.31. The van der Waals surface area contributed by atoms with Crippen molar-refractivity contribution in [3.05, 3.63) is 29.3 Å². The number of hydrogen-bond acceptors (Lipinski definition) is 5. The standard InChI is InChI=1S/C17H22F3N3O3/c1-11(16(24)22(2)3)23(10-15(25-4)26-5)13-7-6-12(9-21)14(8-13)17(18,19)20/h6-8,11,15H,10H2,1-5H3/t11-/m0/s1. The van der Waals surface area contributed by atoms with E-state index in [1.165, 1.54) is 36.2 Å². The molecule has 0 radical (unpaired) electrons. The number of hydrogen-bond donors (Lipinski definition) is 0. The minimum absolute atomic E-state index is 0.0247. The highest BCUT2D eigenvalue weighted by atomic mass is 19.4. The van der Waals surface area contributed by atoms with Gasteiger partial charge in [-0.25, -0.2) is 0 Å². The van der Waals surface area contributed by atoms with E-state index in [0.29, 0.717) is 0 Å². The molecule has 1 aromatic rings. The van der Waals surface area contributed by atoms with Crippen molar-refractivity contribution in [1.29, 1.82) is 5.26 Å². The molecule has 1 rings (SSSR count). The number of carbonyl (C=O) groups excluding carboxylic acids is 1. The Labute approximate surface area is 150 Å². The minimum Gasteiger partial charge on any atom is -0.355 e. The normalized spacial score (nSPS) is 12.6. The highest BCUT2D eigenvalue weighted by Gasteiger charge is 2.35. The average molecular weight is 373 g/mol. The van der Waals surface area contributed by atoms with Crippen molar-refractivity contribution < 1.29 is 27.4 Å². The Morgan fingerprint density at radius 1 is 1.27 bits per heavy atom. The molecule has 0 spiro atoms. The number of anilines is 1. The van der Waals surface area contributed by atoms with Crippen LogP contribution in [0.5, 0.6) is 0 Å². The number of carbonyl (C=O) groups is 1. The maximum atomic E-state index is 13.3. The minimum atomic E-state index is -4.69. The third-order valence-corrected chi connectivity index (χ3v) is 3.90. The number of methoxy groups -OCH3 is 2. The van der Waals surface area contributed by atoms with Crippen molar-refractivity contribution in [1.82, 2.24) is 4.90 Å². The molecule has 0 saturated heterocycles. The molecule has 0 N–H and O–H groups in total. The Morgan fingerprint density at radius 2 is 1.85 bits per heavy atom. The number of halogens is 3. The van der Waals surface area contributed by atoms with Crippen LogP contribution in [0.1, 0.15) is 18.1 Å². The van der Waals surface area contributed by atoms with Crippen LogP contribution in [0, 0.1) is 11.3 Å². The lowest BCUT2D eigenvalue weighted by Crippen LogP contribution is -2.48. The molecule has 0 heterocycles. The molecule has 6 nitrogen and oxygen atoms in total. The van der Waals surface area contributed by atoms with Gasteiger partial charge < -0.3 is 19.3 Å². The molecule has 144 valence electrons. The summed E-state index contributed by atoms with van der Waals surface area (Å²) in [7, 11) is 5.90. The summed E-state index contributed by atoms with van der Waals surface area (Å²) in [4.78, 5) is 15.2. The second-order valence-electron chi connectivity index (χ2n) is 5.80. The molecule has 0 unspecified atom stereocenters. The highest BCUT2D eigenvalue weighted by Crippen LogP contribution is 2.35. The van der Waals surface area contributed by atoms with Gasteiger partial charge in [0, 0.05) is 34.0 Å². The zero-order chi connectivity index (χ0) is 20.1. The predicted octanol–water partition coefficient (Wildman–Crippen LogP) is 2.48. The Morgan fingerprint density at radius 3 is 2.27 bits per heavy atom. The number of ether oxygens (including phenoxy) is 2. The summed E-state index contributed by atoms with van der Waals surface area (Å²) in [6, 6.07) is 4.09. The molecule has 0 bridgehead atoms. The first-order valence-corrected chi connectivity index (χ1v) is 7.71. The topological polar surface area (TPSA) is 65.8 Å². The van der Waals surface area contributed by atoms with Crippen LogP contribution in [0.4, 0.5) is 18.9 Å². The number of benzene rings is 1. The maximum absolute atomic E-state index is 13.3. The van der Waals surface area contributed by atoms with Crippen LogP contribution in [-0.4, -0.2) is 58.0 Å². The summed E-state index contributed by atoms with van der Waals surface area (Å²) < 4.78 is 50.0. The van der Waals surface area contributed by atoms with E-state index in [4.69, 9.17) is 14.7 Å². The van der Waals surface area contributed by atoms with Crippen LogP contribution in [0.3, 0.4) is 0 Å². The van der Waals surface area contributed by atoms with Gasteiger partial charge in [0.15, 0.2) is 6.29 Å². The molecular formula is C17H22F3N3O3. The SMILES string of the molecule is COC(CN(c1ccc(C#N)c(C(F)(F)F)c1)[C@@H](C)C(=O)N(C)C)OC. The van der Waals surface area contributed by atoms with Gasteiger partial charge in [-0.3, -0.25) is 4.79 Å². The van der Waals surface area contributed by atoms with E-state index in [2.05, 4.69) is 0 Å². The van der Waals surface area contributed by atoms with E-state index < -0.39 is 29.6 Å². The van der Waals surface area contributed by atoms with Gasteiger partial charge in [0.25, 0.3) is 0 Å². The van der Waals surface area contributed by atoms with Crippen molar-refractivity contribution in [2.45, 2.75) is 25.4 Å². The zero-order valence-corrected chi connectivity index (χ0v) is 15.3. The van der Waals surface area contributed by atoms with Crippen molar-refractivity contribution in [2.24, 2.45) is 0 Å². The molecule has 1 amide bonds. The summed E-state index contributed by atoms with van der Waals surface area (Å²) >= 11 is 0. The first-order valence-electron chi connectivity index (χ1n) is 7.71. The maximum Gasteiger partial charge on any atom is 0.417 e. The van der Waals surface area contributed by atoms with Gasteiger partial charge >= 0.3 is 6.18 Å². The average Bonchev–Trinajstić information content (AvgIpc) is 2.60. The Balaban J connectivity index is 3.42. The van der Waals surface area contributed by atoms with Crippen LogP contribution in [-0.2, 0) is 20.4 Å². The number of nitriles is 1. The Kier molecular flexibility index (Phi) is 7.41. The fourth-order valence-electron chi connectivity index (χ4n) is 2.44. The second-order valence-corrected chi connectivity index (χ2v) is 5.80. The molecular weight excluding hydrogens is 351 g/mol. The number of rotatable bonds is 7. The highest BCUT2D eigenvalue weighted by molar-refractivity contribution is 5.84. The number of likely N-dealkylation sites (N-methyl/N-ethyl adjacent to an activating group) is 1. The van der Waals surface area contributed by atoms with Crippen molar-refractivity contribution >= 4 is 11.6 Å². The monoisotopic (exact) mass is 373 g/mol. The van der Waals surface area contributed by atoms with Crippen LogP contribution in [0.25, 0.3) is 0 Å². The molecule has 0 aliphatic heterocycles. The summed E-state index contributed by atoms with van der Waals surface area (Å²) in [5, 5.41) is 8.94. The lowest BCUT2D eigenvalue weighted by atomic mass is 10.1. The van der Waals surface area contributed by atoms with Crippen molar-refractivity contribution in [3.8, 4) is 6.07 Å². The summed E-state index contributed by atoms with van der Waals surface area (Å²) in [6.45, 7) is 1.60. The fraction of sp³-hybridized carbons (Fsp3) is 0.529. The number of alkyl halides is 3. The van der Waals surface area contributed by atoms with Gasteiger partial charge in [0.2, 0.25) is 5.91 Å². The smallest absolute Gasteiger partial charge is 0.355 e. The van der Waals surface area contributed by atoms with Gasteiger partial charge in [0.05, 0.1) is 23.7 Å². The summed E-state index contributed by atoms with van der Waals surface area (Å²) in [6.07, 6.45) is -5.44.